The lowest BCUT2D eigenvalue weighted by atomic mass is 10.0. The number of nitrogens with one attached hydrogen (secondary N) is 2. The Hall–Kier alpha value is -3.75. The van der Waals surface area contributed by atoms with Crippen molar-refractivity contribution < 1.29 is 23.0 Å². The first-order valence-electron chi connectivity index (χ1n) is 8.06. The second-order valence-corrected chi connectivity index (χ2v) is 5.58. The highest BCUT2D eigenvalue weighted by molar-refractivity contribution is 6.03. The van der Waals surface area contributed by atoms with Gasteiger partial charge in [0, 0.05) is 17.3 Å². The van der Waals surface area contributed by atoms with Gasteiger partial charge < -0.3 is 14.8 Å². The monoisotopic (exact) mass is 387 g/mol. The van der Waals surface area contributed by atoms with Gasteiger partial charge in [0.25, 0.3) is 11.5 Å². The number of rotatable bonds is 6. The number of hydrogen-bond donors (Lipinski definition) is 2. The summed E-state index contributed by atoms with van der Waals surface area (Å²) in [6.45, 7) is -3.00. The lowest BCUT2D eigenvalue weighted by Crippen LogP contribution is -2.17. The number of aromatic amines is 1. The Morgan fingerprint density at radius 1 is 1.11 bits per heavy atom. The summed E-state index contributed by atoms with van der Waals surface area (Å²) in [5, 5.41) is 8.41. The number of nitrogens with zero attached hydrogens (tertiary/aromatic N) is 1. The highest BCUT2D eigenvalue weighted by Gasteiger charge is 2.14. The molecule has 3 aromatic rings. The normalized spacial score (nSPS) is 10.6. The zero-order chi connectivity index (χ0) is 20.1. The number of carbonyl (C=O) groups is 1. The number of H-pyrrole nitrogens is 1. The van der Waals surface area contributed by atoms with E-state index >= 15 is 0 Å². The minimum atomic E-state index is -3.00. The van der Waals surface area contributed by atoms with Crippen LogP contribution in [0, 0.1) is 0 Å². The van der Waals surface area contributed by atoms with E-state index in [0.29, 0.717) is 22.6 Å². The Morgan fingerprint density at radius 3 is 2.46 bits per heavy atom. The fraction of sp³-hybridized carbons (Fsp3) is 0.105. The summed E-state index contributed by atoms with van der Waals surface area (Å²) in [4.78, 5) is 23.3. The third-order valence-corrected chi connectivity index (χ3v) is 3.77. The lowest BCUT2D eigenvalue weighted by molar-refractivity contribution is -0.0494. The van der Waals surface area contributed by atoms with E-state index in [4.69, 9.17) is 4.74 Å². The average molecular weight is 387 g/mol. The van der Waals surface area contributed by atoms with Gasteiger partial charge in [-0.3, -0.25) is 9.59 Å². The van der Waals surface area contributed by atoms with Crippen molar-refractivity contribution in [2.45, 2.75) is 6.61 Å². The van der Waals surface area contributed by atoms with Crippen molar-refractivity contribution in [3.8, 4) is 22.6 Å². The molecule has 0 saturated carbocycles. The van der Waals surface area contributed by atoms with Crippen molar-refractivity contribution in [3.63, 3.8) is 0 Å². The van der Waals surface area contributed by atoms with Crippen molar-refractivity contribution in [2.75, 3.05) is 12.4 Å². The molecule has 2 aromatic carbocycles. The molecule has 3 rings (SSSR count). The number of ether oxygens (including phenoxy) is 2. The molecular weight excluding hydrogens is 372 g/mol. The first-order chi connectivity index (χ1) is 13.5. The molecule has 2 N–H and O–H groups in total. The summed E-state index contributed by atoms with van der Waals surface area (Å²) in [7, 11) is 1.52. The average Bonchev–Trinajstić information content (AvgIpc) is 2.69. The minimum absolute atomic E-state index is 0.00138. The molecule has 0 unspecified atom stereocenters. The second kappa shape index (κ2) is 8.30. The number of halogens is 2. The van der Waals surface area contributed by atoms with Crippen molar-refractivity contribution >= 4 is 11.6 Å². The molecule has 1 heterocycles. The molecule has 0 bridgehead atoms. The van der Waals surface area contributed by atoms with Gasteiger partial charge in [-0.1, -0.05) is 12.1 Å². The van der Waals surface area contributed by atoms with Crippen LogP contribution in [0.15, 0.2) is 59.4 Å². The number of benzene rings is 2. The van der Waals surface area contributed by atoms with Crippen LogP contribution in [0.5, 0.6) is 11.5 Å². The van der Waals surface area contributed by atoms with E-state index in [9.17, 15) is 18.4 Å². The molecular formula is C19H15F2N3O4. The van der Waals surface area contributed by atoms with E-state index in [-0.39, 0.29) is 11.4 Å². The van der Waals surface area contributed by atoms with Crippen LogP contribution in [-0.2, 0) is 0 Å². The van der Waals surface area contributed by atoms with Gasteiger partial charge in [-0.15, -0.1) is 0 Å². The van der Waals surface area contributed by atoms with Crippen molar-refractivity contribution in [1.29, 1.82) is 0 Å². The molecule has 0 aliphatic rings. The van der Waals surface area contributed by atoms with E-state index in [1.807, 2.05) is 0 Å². The summed E-state index contributed by atoms with van der Waals surface area (Å²) in [6.07, 6.45) is 0. The quantitative estimate of drug-likeness (QED) is 0.677. The summed E-state index contributed by atoms with van der Waals surface area (Å²) in [5.41, 5.74) is 0.848. The van der Waals surface area contributed by atoms with Crippen LogP contribution in [0.25, 0.3) is 11.1 Å². The highest BCUT2D eigenvalue weighted by Crippen LogP contribution is 2.34. The maximum Gasteiger partial charge on any atom is 0.387 e. The van der Waals surface area contributed by atoms with Gasteiger partial charge >= 0.3 is 6.61 Å². The largest absolute Gasteiger partial charge is 0.497 e. The summed E-state index contributed by atoms with van der Waals surface area (Å²) >= 11 is 0. The molecule has 0 fully saturated rings. The zero-order valence-electron chi connectivity index (χ0n) is 14.6. The van der Waals surface area contributed by atoms with E-state index < -0.39 is 18.1 Å². The molecule has 0 saturated heterocycles. The number of amides is 1. The van der Waals surface area contributed by atoms with Crippen LogP contribution in [0.4, 0.5) is 14.5 Å². The minimum Gasteiger partial charge on any atom is -0.497 e. The van der Waals surface area contributed by atoms with Crippen molar-refractivity contribution in [3.05, 3.63) is 70.6 Å². The molecule has 1 amide bonds. The fourth-order valence-corrected chi connectivity index (χ4v) is 2.47. The molecule has 0 radical (unpaired) electrons. The number of carbonyl (C=O) groups excluding carboxylic acids is 1. The van der Waals surface area contributed by atoms with Crippen molar-refractivity contribution in [1.82, 2.24) is 10.2 Å². The predicted molar refractivity (Wildman–Crippen MR) is 97.9 cm³/mol. The molecule has 0 atom stereocenters. The first-order valence-corrected chi connectivity index (χ1v) is 8.06. The number of alkyl halides is 2. The Labute approximate surface area is 157 Å². The van der Waals surface area contributed by atoms with E-state index in [2.05, 4.69) is 20.3 Å². The Kier molecular flexibility index (Phi) is 5.64. The summed E-state index contributed by atoms with van der Waals surface area (Å²) < 4.78 is 35.2. The number of methoxy groups -OCH3 is 1. The Morgan fingerprint density at radius 2 is 1.86 bits per heavy atom. The van der Waals surface area contributed by atoms with Crippen LogP contribution < -0.4 is 20.3 Å². The Balaban J connectivity index is 1.93. The molecule has 9 heteroatoms. The maximum atomic E-state index is 12.8. The fourth-order valence-electron chi connectivity index (χ4n) is 2.47. The third-order valence-electron chi connectivity index (χ3n) is 3.77. The first kappa shape index (κ1) is 19.0. The molecule has 28 heavy (non-hydrogen) atoms. The lowest BCUT2D eigenvalue weighted by Gasteiger charge is -2.14. The maximum absolute atomic E-state index is 12.8. The van der Waals surface area contributed by atoms with E-state index in [0.717, 1.165) is 0 Å². The number of hydrogen-bond acceptors (Lipinski definition) is 5. The summed E-state index contributed by atoms with van der Waals surface area (Å²) in [6, 6.07) is 13.4. The van der Waals surface area contributed by atoms with Gasteiger partial charge in [0.2, 0.25) is 0 Å². The molecule has 0 spiro atoms. The SMILES string of the molecule is COc1ccc(-c2cc(NC(=O)c3ccc(=O)[nH]n3)ccc2OC(F)F)cc1. The van der Waals surface area contributed by atoms with Gasteiger partial charge in [0.1, 0.15) is 17.2 Å². The smallest absolute Gasteiger partial charge is 0.387 e. The molecule has 0 aliphatic heterocycles. The van der Waals surface area contributed by atoms with Crippen LogP contribution in [0.1, 0.15) is 10.5 Å². The van der Waals surface area contributed by atoms with Crippen LogP contribution in [0.2, 0.25) is 0 Å². The molecule has 144 valence electrons. The second-order valence-electron chi connectivity index (χ2n) is 5.58. The number of aromatic nitrogens is 2. The zero-order valence-corrected chi connectivity index (χ0v) is 14.6. The van der Waals surface area contributed by atoms with Gasteiger partial charge in [0.05, 0.1) is 7.11 Å². The van der Waals surface area contributed by atoms with E-state index in [1.54, 1.807) is 24.3 Å². The predicted octanol–water partition coefficient (Wildman–Crippen LogP) is 3.30. The van der Waals surface area contributed by atoms with Gasteiger partial charge in [-0.25, -0.2) is 5.10 Å². The van der Waals surface area contributed by atoms with Crippen molar-refractivity contribution in [2.24, 2.45) is 0 Å². The number of anilines is 1. The van der Waals surface area contributed by atoms with E-state index in [1.165, 1.54) is 37.4 Å². The highest BCUT2D eigenvalue weighted by atomic mass is 19.3. The van der Waals surface area contributed by atoms with Gasteiger partial charge in [-0.2, -0.15) is 13.9 Å². The van der Waals surface area contributed by atoms with Gasteiger partial charge in [0.15, 0.2) is 0 Å². The van der Waals surface area contributed by atoms with Crippen LogP contribution in [0.3, 0.4) is 0 Å². The molecule has 0 aliphatic carbocycles. The standard InChI is InChI=1S/C19H15F2N3O4/c1-27-13-5-2-11(3-6-13)14-10-12(4-8-16(14)28-19(20)21)22-18(26)15-7-9-17(25)24-23-15/h2-10,19H,1H3,(H,22,26)(H,24,25). The molecule has 7 nitrogen and oxygen atoms in total. The summed E-state index contributed by atoms with van der Waals surface area (Å²) in [5.74, 6) is -0.00605. The molecule has 1 aromatic heterocycles. The Bertz CT molecular complexity index is 1020. The topological polar surface area (TPSA) is 93.3 Å². The van der Waals surface area contributed by atoms with Crippen LogP contribution in [-0.4, -0.2) is 29.8 Å². The third kappa shape index (κ3) is 4.50. The van der Waals surface area contributed by atoms with Gasteiger partial charge in [-0.05, 0) is 42.0 Å². The van der Waals surface area contributed by atoms with Crippen LogP contribution >= 0.6 is 0 Å².